The zero-order chi connectivity index (χ0) is 15.6. The van der Waals surface area contributed by atoms with Gasteiger partial charge in [0.05, 0.1) is 11.0 Å². The molecule has 7 heteroatoms. The fourth-order valence-electron chi connectivity index (χ4n) is 1.70. The van der Waals surface area contributed by atoms with Crippen LogP contribution in [0.1, 0.15) is 18.6 Å². The van der Waals surface area contributed by atoms with E-state index in [0.29, 0.717) is 10.0 Å². The Morgan fingerprint density at radius 2 is 1.95 bits per heavy atom. The molecule has 1 N–H and O–H groups in total. The van der Waals surface area contributed by atoms with Gasteiger partial charge in [-0.2, -0.15) is 0 Å². The van der Waals surface area contributed by atoms with Gasteiger partial charge in [-0.1, -0.05) is 22.0 Å². The number of rotatable bonds is 4. The predicted octanol–water partition coefficient (Wildman–Crippen LogP) is 4.34. The fraction of sp³-hybridized carbons (Fsp3) is 0.143. The molecule has 2 rings (SSSR count). The fourth-order valence-corrected chi connectivity index (χ4v) is 2.03. The summed E-state index contributed by atoms with van der Waals surface area (Å²) in [5, 5.41) is 20.5. The highest BCUT2D eigenvalue weighted by Gasteiger charge is 2.19. The summed E-state index contributed by atoms with van der Waals surface area (Å²) < 4.78 is 19.5. The first kappa shape index (κ1) is 15.4. The van der Waals surface area contributed by atoms with E-state index >= 15 is 0 Å². The minimum Gasteiger partial charge on any atom is -0.447 e. The number of ether oxygens (including phenoxy) is 1. The summed E-state index contributed by atoms with van der Waals surface area (Å²) in [6, 6.07) is 8.16. The van der Waals surface area contributed by atoms with Gasteiger partial charge in [-0.15, -0.1) is 0 Å². The van der Waals surface area contributed by atoms with Gasteiger partial charge >= 0.3 is 5.69 Å². The summed E-state index contributed by atoms with van der Waals surface area (Å²) in [5.41, 5.74) is 0.0426. The van der Waals surface area contributed by atoms with Crippen LogP contribution in [-0.2, 0) is 0 Å². The highest BCUT2D eigenvalue weighted by Crippen LogP contribution is 2.35. The molecular weight excluding hydrogens is 345 g/mol. The van der Waals surface area contributed by atoms with Crippen molar-refractivity contribution < 1.29 is 19.2 Å². The topological polar surface area (TPSA) is 72.6 Å². The van der Waals surface area contributed by atoms with E-state index in [1.54, 1.807) is 6.07 Å². The number of hydrogen-bond donors (Lipinski definition) is 1. The number of hydrogen-bond acceptors (Lipinski definition) is 4. The number of aliphatic hydroxyl groups is 1. The quantitative estimate of drug-likeness (QED) is 0.653. The van der Waals surface area contributed by atoms with Gasteiger partial charge in [0, 0.05) is 10.5 Å². The van der Waals surface area contributed by atoms with Crippen LogP contribution in [0.15, 0.2) is 40.9 Å². The lowest BCUT2D eigenvalue weighted by atomic mass is 10.1. The lowest BCUT2D eigenvalue weighted by Crippen LogP contribution is -1.98. The minimum atomic E-state index is -0.845. The van der Waals surface area contributed by atoms with Crippen LogP contribution in [0.4, 0.5) is 10.1 Å². The largest absolute Gasteiger partial charge is 0.447 e. The second-order valence-electron chi connectivity index (χ2n) is 4.34. The highest BCUT2D eigenvalue weighted by atomic mass is 79.9. The third kappa shape index (κ3) is 3.56. The van der Waals surface area contributed by atoms with Crippen molar-refractivity contribution in [1.29, 1.82) is 0 Å². The molecule has 21 heavy (non-hydrogen) atoms. The van der Waals surface area contributed by atoms with E-state index in [9.17, 15) is 19.6 Å². The Kier molecular flexibility index (Phi) is 4.54. The maximum Gasteiger partial charge on any atom is 0.311 e. The Hall–Kier alpha value is -1.99. The van der Waals surface area contributed by atoms with E-state index in [1.807, 2.05) is 0 Å². The molecule has 0 spiro atoms. The standard InChI is InChI=1S/C14H11BrFNO4/c1-8(18)9-2-4-14(12(6-9)17(19)20)21-13-5-3-10(15)7-11(13)16/h2-8,18H,1H3/t8-/m1/s1. The number of nitro groups is 1. The number of nitrogens with zero attached hydrogens (tertiary/aromatic N) is 1. The van der Waals surface area contributed by atoms with Crippen molar-refractivity contribution in [2.24, 2.45) is 0 Å². The second kappa shape index (κ2) is 6.19. The first-order valence-corrected chi connectivity index (χ1v) is 6.77. The van der Waals surface area contributed by atoms with Crippen molar-refractivity contribution in [3.63, 3.8) is 0 Å². The van der Waals surface area contributed by atoms with Crippen LogP contribution < -0.4 is 4.74 Å². The minimum absolute atomic E-state index is 0.0920. The predicted molar refractivity (Wildman–Crippen MR) is 77.9 cm³/mol. The maximum atomic E-state index is 13.7. The molecule has 0 unspecified atom stereocenters. The molecule has 0 aliphatic heterocycles. The molecule has 0 radical (unpaired) electrons. The third-order valence-electron chi connectivity index (χ3n) is 2.78. The lowest BCUT2D eigenvalue weighted by Gasteiger charge is -2.10. The van der Waals surface area contributed by atoms with Crippen LogP contribution in [0, 0.1) is 15.9 Å². The molecule has 2 aromatic rings. The zero-order valence-corrected chi connectivity index (χ0v) is 12.5. The van der Waals surface area contributed by atoms with E-state index in [1.165, 1.54) is 37.3 Å². The van der Waals surface area contributed by atoms with Gasteiger partial charge in [0.15, 0.2) is 11.6 Å². The highest BCUT2D eigenvalue weighted by molar-refractivity contribution is 9.10. The van der Waals surface area contributed by atoms with Gasteiger partial charge in [0.25, 0.3) is 0 Å². The van der Waals surface area contributed by atoms with Gasteiger partial charge < -0.3 is 9.84 Å². The molecule has 0 fully saturated rings. The van der Waals surface area contributed by atoms with Gasteiger partial charge in [-0.05, 0) is 36.8 Å². The van der Waals surface area contributed by atoms with Crippen LogP contribution in [0.5, 0.6) is 11.5 Å². The maximum absolute atomic E-state index is 13.7. The Morgan fingerprint density at radius 1 is 1.29 bits per heavy atom. The van der Waals surface area contributed by atoms with E-state index in [-0.39, 0.29) is 17.2 Å². The average Bonchev–Trinajstić information content (AvgIpc) is 2.41. The third-order valence-corrected chi connectivity index (χ3v) is 3.27. The van der Waals surface area contributed by atoms with Gasteiger partial charge in [-0.3, -0.25) is 10.1 Å². The Bertz CT molecular complexity index is 691. The molecule has 2 aromatic carbocycles. The Labute approximate surface area is 128 Å². The summed E-state index contributed by atoms with van der Waals surface area (Å²) >= 11 is 3.11. The van der Waals surface area contributed by atoms with Crippen LogP contribution in [0.25, 0.3) is 0 Å². The van der Waals surface area contributed by atoms with Gasteiger partial charge in [0.2, 0.25) is 5.75 Å². The zero-order valence-electron chi connectivity index (χ0n) is 10.9. The monoisotopic (exact) mass is 355 g/mol. The molecule has 0 heterocycles. The molecule has 0 bridgehead atoms. The van der Waals surface area contributed by atoms with Gasteiger partial charge in [0.1, 0.15) is 0 Å². The van der Waals surface area contributed by atoms with Crippen molar-refractivity contribution in [3.05, 3.63) is 62.4 Å². The SMILES string of the molecule is C[C@@H](O)c1ccc(Oc2ccc(Br)cc2F)c([N+](=O)[O-])c1. The van der Waals surface area contributed by atoms with Crippen LogP contribution in [-0.4, -0.2) is 10.0 Å². The number of nitro benzene ring substituents is 1. The summed E-state index contributed by atoms with van der Waals surface area (Å²) in [6.45, 7) is 1.49. The number of halogens is 2. The molecule has 0 aromatic heterocycles. The molecule has 5 nitrogen and oxygen atoms in total. The van der Waals surface area contributed by atoms with Crippen LogP contribution in [0.2, 0.25) is 0 Å². The van der Waals surface area contributed by atoms with Crippen LogP contribution >= 0.6 is 15.9 Å². The molecule has 0 saturated carbocycles. The van der Waals surface area contributed by atoms with Crippen molar-refractivity contribution >= 4 is 21.6 Å². The molecule has 110 valence electrons. The van der Waals surface area contributed by atoms with Crippen molar-refractivity contribution in [3.8, 4) is 11.5 Å². The number of aliphatic hydroxyl groups excluding tert-OH is 1. The van der Waals surface area contributed by atoms with Crippen molar-refractivity contribution in [2.45, 2.75) is 13.0 Å². The Morgan fingerprint density at radius 3 is 2.52 bits per heavy atom. The molecule has 1 atom stereocenters. The first-order chi connectivity index (χ1) is 9.88. The van der Waals surface area contributed by atoms with E-state index in [2.05, 4.69) is 15.9 Å². The summed E-state index contributed by atoms with van der Waals surface area (Å²) in [6.07, 6.45) is -0.845. The normalized spacial score (nSPS) is 12.0. The van der Waals surface area contributed by atoms with Crippen LogP contribution in [0.3, 0.4) is 0 Å². The van der Waals surface area contributed by atoms with E-state index in [0.717, 1.165) is 0 Å². The summed E-state index contributed by atoms with van der Waals surface area (Å²) in [7, 11) is 0. The summed E-state index contributed by atoms with van der Waals surface area (Å²) in [4.78, 5) is 10.4. The molecular formula is C14H11BrFNO4. The summed E-state index contributed by atoms with van der Waals surface area (Å²) in [5.74, 6) is -0.852. The smallest absolute Gasteiger partial charge is 0.311 e. The van der Waals surface area contributed by atoms with Crippen molar-refractivity contribution in [2.75, 3.05) is 0 Å². The van der Waals surface area contributed by atoms with E-state index in [4.69, 9.17) is 4.74 Å². The average molecular weight is 356 g/mol. The molecule has 0 amide bonds. The first-order valence-electron chi connectivity index (χ1n) is 5.98. The van der Waals surface area contributed by atoms with Gasteiger partial charge in [-0.25, -0.2) is 4.39 Å². The molecule has 0 aliphatic rings. The Balaban J connectivity index is 2.41. The lowest BCUT2D eigenvalue weighted by molar-refractivity contribution is -0.385. The number of benzene rings is 2. The molecule has 0 saturated heterocycles. The second-order valence-corrected chi connectivity index (χ2v) is 5.25. The van der Waals surface area contributed by atoms with E-state index < -0.39 is 16.8 Å². The van der Waals surface area contributed by atoms with Crippen molar-refractivity contribution in [1.82, 2.24) is 0 Å². The molecule has 0 aliphatic carbocycles.